The van der Waals surface area contributed by atoms with Crippen molar-refractivity contribution < 1.29 is 4.74 Å². The van der Waals surface area contributed by atoms with Gasteiger partial charge in [0.2, 0.25) is 5.95 Å². The molecule has 0 spiro atoms. The Morgan fingerprint density at radius 2 is 1.91 bits per heavy atom. The summed E-state index contributed by atoms with van der Waals surface area (Å²) >= 11 is 0. The van der Waals surface area contributed by atoms with Gasteiger partial charge in [-0.25, -0.2) is 4.98 Å². The number of rotatable bonds is 4. The molecule has 1 aliphatic heterocycles. The lowest BCUT2D eigenvalue weighted by atomic mass is 9.84. The molecule has 122 valence electrons. The van der Waals surface area contributed by atoms with Crippen LogP contribution >= 0.6 is 0 Å². The Labute approximate surface area is 137 Å². The van der Waals surface area contributed by atoms with Gasteiger partial charge in [-0.15, -0.1) is 0 Å². The number of nitrogen functional groups attached to an aromatic ring is 1. The van der Waals surface area contributed by atoms with E-state index in [1.807, 2.05) is 19.4 Å². The van der Waals surface area contributed by atoms with E-state index in [0.717, 1.165) is 43.7 Å². The average Bonchev–Trinajstić information content (AvgIpc) is 2.62. The maximum Gasteiger partial charge on any atom is 0.221 e. The van der Waals surface area contributed by atoms with Gasteiger partial charge in [-0.2, -0.15) is 4.98 Å². The minimum Gasteiger partial charge on any atom is -0.373 e. The van der Waals surface area contributed by atoms with E-state index < -0.39 is 0 Å². The Morgan fingerprint density at radius 1 is 1.22 bits per heavy atom. The highest BCUT2D eigenvalue weighted by Gasteiger charge is 2.36. The number of hydrogen-bond acceptors (Lipinski definition) is 5. The van der Waals surface area contributed by atoms with Crippen LogP contribution in [-0.2, 0) is 16.8 Å². The molecular weight excluding hydrogens is 288 g/mol. The Balaban J connectivity index is 1.82. The largest absolute Gasteiger partial charge is 0.373 e. The van der Waals surface area contributed by atoms with E-state index in [1.54, 1.807) is 0 Å². The molecule has 1 aromatic heterocycles. The van der Waals surface area contributed by atoms with Gasteiger partial charge in [-0.1, -0.05) is 37.3 Å². The summed E-state index contributed by atoms with van der Waals surface area (Å²) in [5.74, 6) is 1.31. The summed E-state index contributed by atoms with van der Waals surface area (Å²) in [4.78, 5) is 10.9. The van der Waals surface area contributed by atoms with Crippen LogP contribution in [0.15, 0.2) is 36.5 Å². The first-order chi connectivity index (χ1) is 11.2. The zero-order valence-electron chi connectivity index (χ0n) is 13.8. The van der Waals surface area contributed by atoms with Crippen LogP contribution in [0, 0.1) is 0 Å². The standard InChI is InChI=1S/C18H24N4O/c1-3-14-13-20-17(19)21-16(14)22-11-9-18(23-2,10-12-22)15-7-5-4-6-8-15/h4-8,13H,3,9-12H2,1-2H3,(H2,19,20,21). The molecule has 2 heterocycles. The monoisotopic (exact) mass is 312 g/mol. The number of anilines is 2. The fraction of sp³-hybridized carbons (Fsp3) is 0.444. The van der Waals surface area contributed by atoms with Gasteiger partial charge in [0.25, 0.3) is 0 Å². The predicted octanol–water partition coefficient (Wildman–Crippen LogP) is 2.76. The molecule has 2 N–H and O–H groups in total. The van der Waals surface area contributed by atoms with Gasteiger partial charge in [0.1, 0.15) is 5.82 Å². The van der Waals surface area contributed by atoms with E-state index in [1.165, 1.54) is 5.56 Å². The number of nitrogens with zero attached hydrogens (tertiary/aromatic N) is 3. The van der Waals surface area contributed by atoms with E-state index in [4.69, 9.17) is 10.5 Å². The van der Waals surface area contributed by atoms with Crippen molar-refractivity contribution in [2.45, 2.75) is 31.8 Å². The first-order valence-corrected chi connectivity index (χ1v) is 8.15. The summed E-state index contributed by atoms with van der Waals surface area (Å²) in [6.07, 6.45) is 4.61. The highest BCUT2D eigenvalue weighted by Crippen LogP contribution is 2.37. The second kappa shape index (κ2) is 6.54. The molecule has 5 nitrogen and oxygen atoms in total. The Hall–Kier alpha value is -2.14. The van der Waals surface area contributed by atoms with Crippen molar-refractivity contribution in [1.29, 1.82) is 0 Å². The van der Waals surface area contributed by atoms with Crippen LogP contribution in [0.3, 0.4) is 0 Å². The summed E-state index contributed by atoms with van der Waals surface area (Å²) < 4.78 is 5.95. The normalized spacial score (nSPS) is 17.2. The minimum absolute atomic E-state index is 0.206. The van der Waals surface area contributed by atoms with E-state index in [0.29, 0.717) is 5.95 Å². The molecule has 1 fully saturated rings. The molecule has 0 atom stereocenters. The van der Waals surface area contributed by atoms with Crippen molar-refractivity contribution in [3.8, 4) is 0 Å². The summed E-state index contributed by atoms with van der Waals surface area (Å²) in [6.45, 7) is 3.91. The van der Waals surface area contributed by atoms with Crippen molar-refractivity contribution in [3.63, 3.8) is 0 Å². The molecule has 3 rings (SSSR count). The fourth-order valence-corrected chi connectivity index (χ4v) is 3.37. The van der Waals surface area contributed by atoms with Gasteiger partial charge in [0.05, 0.1) is 5.60 Å². The van der Waals surface area contributed by atoms with Crippen LogP contribution in [0.1, 0.15) is 30.9 Å². The van der Waals surface area contributed by atoms with Gasteiger partial charge in [0.15, 0.2) is 0 Å². The lowest BCUT2D eigenvalue weighted by Gasteiger charge is -2.42. The highest BCUT2D eigenvalue weighted by atomic mass is 16.5. The van der Waals surface area contributed by atoms with Crippen LogP contribution in [-0.4, -0.2) is 30.2 Å². The van der Waals surface area contributed by atoms with Crippen LogP contribution in [0.4, 0.5) is 11.8 Å². The molecule has 0 bridgehead atoms. The Bertz CT molecular complexity index is 651. The molecular formula is C18H24N4O. The highest BCUT2D eigenvalue weighted by molar-refractivity contribution is 5.49. The number of aromatic nitrogens is 2. The van der Waals surface area contributed by atoms with Crippen LogP contribution in [0.2, 0.25) is 0 Å². The molecule has 1 aliphatic rings. The molecule has 1 aromatic carbocycles. The lowest BCUT2D eigenvalue weighted by molar-refractivity contribution is -0.0347. The summed E-state index contributed by atoms with van der Waals surface area (Å²) in [5, 5.41) is 0. The maximum atomic E-state index is 5.95. The van der Waals surface area contributed by atoms with E-state index in [-0.39, 0.29) is 5.60 Å². The van der Waals surface area contributed by atoms with Gasteiger partial charge in [-0.05, 0) is 24.8 Å². The number of ether oxygens (including phenoxy) is 1. The summed E-state index contributed by atoms with van der Waals surface area (Å²) in [6, 6.07) is 10.5. The van der Waals surface area contributed by atoms with Crippen LogP contribution < -0.4 is 10.6 Å². The smallest absolute Gasteiger partial charge is 0.221 e. The van der Waals surface area contributed by atoms with Crippen molar-refractivity contribution >= 4 is 11.8 Å². The van der Waals surface area contributed by atoms with Crippen LogP contribution in [0.5, 0.6) is 0 Å². The number of benzene rings is 1. The zero-order chi connectivity index (χ0) is 16.3. The molecule has 0 radical (unpaired) electrons. The lowest BCUT2D eigenvalue weighted by Crippen LogP contribution is -2.44. The maximum absolute atomic E-state index is 5.95. The molecule has 0 aliphatic carbocycles. The van der Waals surface area contributed by atoms with Gasteiger partial charge in [0, 0.05) is 32.0 Å². The number of hydrogen-bond donors (Lipinski definition) is 1. The predicted molar refractivity (Wildman–Crippen MR) is 92.4 cm³/mol. The molecule has 1 saturated heterocycles. The minimum atomic E-state index is -0.206. The quantitative estimate of drug-likeness (QED) is 0.940. The second-order valence-electron chi connectivity index (χ2n) is 5.98. The number of methoxy groups -OCH3 is 1. The topological polar surface area (TPSA) is 64.3 Å². The first-order valence-electron chi connectivity index (χ1n) is 8.15. The number of nitrogens with two attached hydrogens (primary N) is 1. The SMILES string of the molecule is CCc1cnc(N)nc1N1CCC(OC)(c2ccccc2)CC1. The molecule has 0 unspecified atom stereocenters. The van der Waals surface area contributed by atoms with Gasteiger partial charge >= 0.3 is 0 Å². The van der Waals surface area contributed by atoms with Gasteiger partial charge in [-0.3, -0.25) is 0 Å². The third kappa shape index (κ3) is 3.01. The Morgan fingerprint density at radius 3 is 2.52 bits per heavy atom. The van der Waals surface area contributed by atoms with E-state index in [2.05, 4.69) is 46.1 Å². The summed E-state index contributed by atoms with van der Waals surface area (Å²) in [5.41, 5.74) is 7.97. The molecule has 23 heavy (non-hydrogen) atoms. The average molecular weight is 312 g/mol. The van der Waals surface area contributed by atoms with Gasteiger partial charge < -0.3 is 15.4 Å². The van der Waals surface area contributed by atoms with Crippen LogP contribution in [0.25, 0.3) is 0 Å². The van der Waals surface area contributed by atoms with Crippen molar-refractivity contribution in [2.75, 3.05) is 30.8 Å². The first kappa shape index (κ1) is 15.7. The third-order valence-corrected chi connectivity index (χ3v) is 4.80. The zero-order valence-corrected chi connectivity index (χ0v) is 13.8. The third-order valence-electron chi connectivity index (χ3n) is 4.80. The molecule has 2 aromatic rings. The fourth-order valence-electron chi connectivity index (χ4n) is 3.37. The van der Waals surface area contributed by atoms with Crippen molar-refractivity contribution in [2.24, 2.45) is 0 Å². The summed E-state index contributed by atoms with van der Waals surface area (Å²) in [7, 11) is 1.81. The number of aryl methyl sites for hydroxylation is 1. The van der Waals surface area contributed by atoms with E-state index >= 15 is 0 Å². The molecule has 5 heteroatoms. The van der Waals surface area contributed by atoms with Crippen molar-refractivity contribution in [3.05, 3.63) is 47.7 Å². The molecule has 0 saturated carbocycles. The second-order valence-corrected chi connectivity index (χ2v) is 5.98. The molecule has 0 amide bonds. The van der Waals surface area contributed by atoms with Crippen molar-refractivity contribution in [1.82, 2.24) is 9.97 Å². The van der Waals surface area contributed by atoms with E-state index in [9.17, 15) is 0 Å². The Kier molecular flexibility index (Phi) is 4.48. The number of piperidine rings is 1.